The molecule has 19 heavy (non-hydrogen) atoms. The molecule has 0 spiro atoms. The van der Waals surface area contributed by atoms with Crippen LogP contribution in [0.25, 0.3) is 11.3 Å². The van der Waals surface area contributed by atoms with E-state index in [1.165, 1.54) is 0 Å². The highest BCUT2D eigenvalue weighted by Gasteiger charge is 2.14. The highest BCUT2D eigenvalue weighted by molar-refractivity contribution is 5.73. The van der Waals surface area contributed by atoms with Gasteiger partial charge in [-0.05, 0) is 24.5 Å². The molecule has 1 heterocycles. The van der Waals surface area contributed by atoms with Crippen molar-refractivity contribution >= 4 is 5.82 Å². The van der Waals surface area contributed by atoms with Crippen LogP contribution >= 0.6 is 0 Å². The molecule has 2 N–H and O–H groups in total. The van der Waals surface area contributed by atoms with Gasteiger partial charge in [0.05, 0.1) is 11.3 Å². The fourth-order valence-electron chi connectivity index (χ4n) is 2.15. The largest absolute Gasteiger partial charge is 0.371 e. The molecule has 1 aromatic heterocycles. The van der Waals surface area contributed by atoms with E-state index >= 15 is 0 Å². The average Bonchev–Trinajstić information content (AvgIpc) is 2.76. The molecule has 0 aliphatic heterocycles. The molecule has 0 amide bonds. The zero-order valence-electron chi connectivity index (χ0n) is 11.5. The van der Waals surface area contributed by atoms with Gasteiger partial charge < -0.3 is 10.3 Å². The van der Waals surface area contributed by atoms with E-state index in [1.807, 2.05) is 25.1 Å². The van der Waals surface area contributed by atoms with Crippen LogP contribution in [0.15, 0.2) is 30.3 Å². The van der Waals surface area contributed by atoms with Crippen molar-refractivity contribution in [3.8, 4) is 17.3 Å². The van der Waals surface area contributed by atoms with Crippen LogP contribution in [0.4, 0.5) is 5.82 Å². The second-order valence-corrected chi connectivity index (χ2v) is 4.63. The molecule has 0 radical (unpaired) electrons. The Balaban J connectivity index is 2.34. The number of benzene rings is 1. The Bertz CT molecular complexity index is 576. The normalized spacial score (nSPS) is 10.2. The first-order valence-corrected chi connectivity index (χ1v) is 6.69. The highest BCUT2D eigenvalue weighted by Crippen LogP contribution is 2.29. The summed E-state index contributed by atoms with van der Waals surface area (Å²) < 4.78 is 0. The van der Waals surface area contributed by atoms with Gasteiger partial charge in [0.1, 0.15) is 11.9 Å². The second-order valence-electron chi connectivity index (χ2n) is 4.63. The molecule has 0 aliphatic carbocycles. The summed E-state index contributed by atoms with van der Waals surface area (Å²) in [5, 5.41) is 12.6. The third kappa shape index (κ3) is 2.79. The van der Waals surface area contributed by atoms with Gasteiger partial charge in [-0.15, -0.1) is 0 Å². The molecular weight excluding hydrogens is 234 g/mol. The first kappa shape index (κ1) is 13.2. The van der Waals surface area contributed by atoms with Crippen molar-refractivity contribution in [3.05, 3.63) is 41.5 Å². The van der Waals surface area contributed by atoms with Crippen LogP contribution in [0.2, 0.25) is 0 Å². The maximum atomic E-state index is 9.31. The lowest BCUT2D eigenvalue weighted by molar-refractivity contribution is 0.831. The monoisotopic (exact) mass is 253 g/mol. The van der Waals surface area contributed by atoms with Crippen LogP contribution in [-0.4, -0.2) is 11.5 Å². The van der Waals surface area contributed by atoms with Crippen LogP contribution in [-0.2, 0) is 0 Å². The molecule has 1 aromatic carbocycles. The second kappa shape index (κ2) is 6.10. The van der Waals surface area contributed by atoms with Crippen LogP contribution in [0.5, 0.6) is 0 Å². The van der Waals surface area contributed by atoms with Crippen LogP contribution < -0.4 is 5.32 Å². The van der Waals surface area contributed by atoms with Gasteiger partial charge in [0.2, 0.25) is 0 Å². The van der Waals surface area contributed by atoms with E-state index in [0.29, 0.717) is 0 Å². The molecule has 0 saturated heterocycles. The molecule has 98 valence electrons. The topological polar surface area (TPSA) is 51.6 Å². The minimum atomic E-state index is 0.718. The fourth-order valence-corrected chi connectivity index (χ4v) is 2.15. The van der Waals surface area contributed by atoms with Crippen molar-refractivity contribution in [2.45, 2.75) is 26.7 Å². The predicted octanol–water partition coefficient (Wildman–Crippen LogP) is 4.07. The lowest BCUT2D eigenvalue weighted by atomic mass is 10.1. The van der Waals surface area contributed by atoms with Gasteiger partial charge in [-0.25, -0.2) is 0 Å². The lowest BCUT2D eigenvalue weighted by Gasteiger charge is -2.03. The van der Waals surface area contributed by atoms with Gasteiger partial charge in [-0.3, -0.25) is 0 Å². The van der Waals surface area contributed by atoms with Crippen molar-refractivity contribution in [1.82, 2.24) is 4.98 Å². The highest BCUT2D eigenvalue weighted by atomic mass is 15.0. The number of hydrogen-bond donors (Lipinski definition) is 2. The standard InChI is InChI=1S/C16H19N3/c1-3-4-10-18-16-14(11-17)12(2)15(19-16)13-8-6-5-7-9-13/h5-9,18-19H,3-4,10H2,1-2H3. The quantitative estimate of drug-likeness (QED) is 0.789. The van der Waals surface area contributed by atoms with E-state index in [0.717, 1.165) is 47.6 Å². The number of rotatable bonds is 5. The summed E-state index contributed by atoms with van der Waals surface area (Å²) in [5.74, 6) is 0.840. The molecule has 0 unspecified atom stereocenters. The van der Waals surface area contributed by atoms with E-state index in [4.69, 9.17) is 0 Å². The zero-order chi connectivity index (χ0) is 13.7. The third-order valence-electron chi connectivity index (χ3n) is 3.26. The summed E-state index contributed by atoms with van der Waals surface area (Å²) in [6.45, 7) is 5.03. The van der Waals surface area contributed by atoms with Crippen molar-refractivity contribution in [1.29, 1.82) is 5.26 Å². The number of hydrogen-bond acceptors (Lipinski definition) is 2. The summed E-state index contributed by atoms with van der Waals surface area (Å²) in [4.78, 5) is 3.34. The molecule has 3 nitrogen and oxygen atoms in total. The molecule has 2 aromatic rings. The molecule has 3 heteroatoms. The molecule has 0 aliphatic rings. The number of unbranched alkanes of at least 4 members (excludes halogenated alkanes) is 1. The number of aromatic nitrogens is 1. The maximum Gasteiger partial charge on any atom is 0.122 e. The number of anilines is 1. The SMILES string of the molecule is CCCCNc1[nH]c(-c2ccccc2)c(C)c1C#N. The number of H-pyrrole nitrogens is 1. The van der Waals surface area contributed by atoms with E-state index in [-0.39, 0.29) is 0 Å². The number of aromatic amines is 1. The summed E-state index contributed by atoms with van der Waals surface area (Å²) in [7, 11) is 0. The van der Waals surface area contributed by atoms with Crippen LogP contribution in [0.3, 0.4) is 0 Å². The predicted molar refractivity (Wildman–Crippen MR) is 79.1 cm³/mol. The lowest BCUT2D eigenvalue weighted by Crippen LogP contribution is -2.02. The first-order chi connectivity index (χ1) is 9.27. The first-order valence-electron chi connectivity index (χ1n) is 6.69. The molecule has 0 saturated carbocycles. The van der Waals surface area contributed by atoms with Gasteiger partial charge in [-0.1, -0.05) is 43.7 Å². The minimum Gasteiger partial charge on any atom is -0.371 e. The maximum absolute atomic E-state index is 9.31. The Morgan fingerprint density at radius 1 is 1.26 bits per heavy atom. The number of nitriles is 1. The van der Waals surface area contributed by atoms with Crippen molar-refractivity contribution < 1.29 is 0 Å². The zero-order valence-corrected chi connectivity index (χ0v) is 11.5. The van der Waals surface area contributed by atoms with Crippen molar-refractivity contribution in [2.75, 3.05) is 11.9 Å². The Morgan fingerprint density at radius 3 is 2.63 bits per heavy atom. The fraction of sp³-hybridized carbons (Fsp3) is 0.312. The number of nitrogens with zero attached hydrogens (tertiary/aromatic N) is 1. The molecule has 2 rings (SSSR count). The van der Waals surface area contributed by atoms with Gasteiger partial charge in [0.25, 0.3) is 0 Å². The Hall–Kier alpha value is -2.21. The van der Waals surface area contributed by atoms with Crippen LogP contribution in [0, 0.1) is 18.3 Å². The van der Waals surface area contributed by atoms with Crippen molar-refractivity contribution in [2.24, 2.45) is 0 Å². The smallest absolute Gasteiger partial charge is 0.122 e. The van der Waals surface area contributed by atoms with Gasteiger partial charge in [0, 0.05) is 6.54 Å². The average molecular weight is 253 g/mol. The van der Waals surface area contributed by atoms with Gasteiger partial charge >= 0.3 is 0 Å². The summed E-state index contributed by atoms with van der Waals surface area (Å²) in [5.41, 5.74) is 3.86. The molecule has 0 bridgehead atoms. The summed E-state index contributed by atoms with van der Waals surface area (Å²) in [6, 6.07) is 12.4. The molecular formula is C16H19N3. The van der Waals surface area contributed by atoms with E-state index in [1.54, 1.807) is 0 Å². The van der Waals surface area contributed by atoms with Crippen LogP contribution in [0.1, 0.15) is 30.9 Å². The number of nitrogens with one attached hydrogen (secondary N) is 2. The summed E-state index contributed by atoms with van der Waals surface area (Å²) >= 11 is 0. The van der Waals surface area contributed by atoms with E-state index in [2.05, 4.69) is 35.4 Å². The summed E-state index contributed by atoms with van der Waals surface area (Å²) in [6.07, 6.45) is 2.24. The Kier molecular flexibility index (Phi) is 4.25. The minimum absolute atomic E-state index is 0.718. The molecule has 0 fully saturated rings. The third-order valence-corrected chi connectivity index (χ3v) is 3.26. The Labute approximate surface area is 114 Å². The molecule has 0 atom stereocenters. The van der Waals surface area contributed by atoms with Gasteiger partial charge in [-0.2, -0.15) is 5.26 Å². The van der Waals surface area contributed by atoms with Gasteiger partial charge in [0.15, 0.2) is 0 Å². The van der Waals surface area contributed by atoms with E-state index < -0.39 is 0 Å². The van der Waals surface area contributed by atoms with E-state index in [9.17, 15) is 5.26 Å². The Morgan fingerprint density at radius 2 is 2.00 bits per heavy atom. The van der Waals surface area contributed by atoms with Crippen molar-refractivity contribution in [3.63, 3.8) is 0 Å².